The molecule has 3 aromatic carbocycles. The standard InChI is InChI=1S/C24H20O4S/c1-15-9-21-19(12-23(25)28-22(21)10-16(15)2)13-27-24(26)14-29-20-8-7-17-5-3-4-6-18(17)11-20/h3-12H,13-14H2,1-2H3. The number of carbonyl (C=O) groups is 1. The van der Waals surface area contributed by atoms with Crippen molar-refractivity contribution < 1.29 is 13.9 Å². The average molecular weight is 404 g/mol. The molecule has 0 fully saturated rings. The Balaban J connectivity index is 1.44. The number of hydrogen-bond acceptors (Lipinski definition) is 5. The van der Waals surface area contributed by atoms with E-state index in [-0.39, 0.29) is 18.3 Å². The number of thioether (sulfide) groups is 1. The first-order chi connectivity index (χ1) is 14.0. The third-order valence-electron chi connectivity index (χ3n) is 4.91. The zero-order chi connectivity index (χ0) is 20.4. The highest BCUT2D eigenvalue weighted by atomic mass is 32.2. The quantitative estimate of drug-likeness (QED) is 0.253. The van der Waals surface area contributed by atoms with Crippen molar-refractivity contribution >= 4 is 39.5 Å². The molecule has 0 amide bonds. The van der Waals surface area contributed by atoms with Crippen molar-refractivity contribution in [2.75, 3.05) is 5.75 Å². The number of carbonyl (C=O) groups excluding carboxylic acids is 1. The number of aryl methyl sites for hydroxylation is 2. The molecule has 0 aliphatic heterocycles. The molecule has 0 spiro atoms. The van der Waals surface area contributed by atoms with Gasteiger partial charge in [0.05, 0.1) is 5.75 Å². The molecule has 1 heterocycles. The largest absolute Gasteiger partial charge is 0.460 e. The van der Waals surface area contributed by atoms with Gasteiger partial charge in [0.15, 0.2) is 0 Å². The van der Waals surface area contributed by atoms with E-state index in [2.05, 4.69) is 12.1 Å². The minimum atomic E-state index is -0.447. The van der Waals surface area contributed by atoms with Crippen LogP contribution in [-0.2, 0) is 16.1 Å². The van der Waals surface area contributed by atoms with Crippen LogP contribution in [0.25, 0.3) is 21.7 Å². The molecular weight excluding hydrogens is 384 g/mol. The molecule has 0 aliphatic rings. The van der Waals surface area contributed by atoms with Gasteiger partial charge < -0.3 is 9.15 Å². The van der Waals surface area contributed by atoms with E-state index in [1.54, 1.807) is 0 Å². The second-order valence-electron chi connectivity index (χ2n) is 6.98. The summed E-state index contributed by atoms with van der Waals surface area (Å²) in [6, 6.07) is 19.4. The van der Waals surface area contributed by atoms with Gasteiger partial charge in [-0.05, 0) is 60.0 Å². The summed E-state index contributed by atoms with van der Waals surface area (Å²) < 4.78 is 10.7. The van der Waals surface area contributed by atoms with E-state index in [4.69, 9.17) is 9.15 Å². The van der Waals surface area contributed by atoms with Crippen LogP contribution in [0.4, 0.5) is 0 Å². The van der Waals surface area contributed by atoms with Crippen LogP contribution in [0.5, 0.6) is 0 Å². The Hall–Kier alpha value is -3.05. The monoisotopic (exact) mass is 404 g/mol. The molecule has 0 saturated heterocycles. The fourth-order valence-electron chi connectivity index (χ4n) is 3.20. The van der Waals surface area contributed by atoms with Gasteiger partial charge >= 0.3 is 11.6 Å². The SMILES string of the molecule is Cc1cc2oc(=O)cc(COC(=O)CSc3ccc4ccccc4c3)c2cc1C. The molecule has 0 saturated carbocycles. The van der Waals surface area contributed by atoms with Gasteiger partial charge in [0.2, 0.25) is 0 Å². The summed E-state index contributed by atoms with van der Waals surface area (Å²) in [5.74, 6) is -0.121. The Morgan fingerprint density at radius 1 is 0.966 bits per heavy atom. The van der Waals surface area contributed by atoms with Crippen molar-refractivity contribution in [3.8, 4) is 0 Å². The first kappa shape index (κ1) is 19.3. The second-order valence-corrected chi connectivity index (χ2v) is 8.03. The van der Waals surface area contributed by atoms with Gasteiger partial charge in [0.1, 0.15) is 12.2 Å². The predicted octanol–water partition coefficient (Wildman–Crippen LogP) is 5.40. The van der Waals surface area contributed by atoms with E-state index >= 15 is 0 Å². The smallest absolute Gasteiger partial charge is 0.336 e. The van der Waals surface area contributed by atoms with Gasteiger partial charge in [-0.1, -0.05) is 30.3 Å². The number of hydrogen-bond donors (Lipinski definition) is 0. The Morgan fingerprint density at radius 2 is 1.72 bits per heavy atom. The van der Waals surface area contributed by atoms with Crippen LogP contribution < -0.4 is 5.63 Å². The van der Waals surface area contributed by atoms with Gasteiger partial charge in [-0.25, -0.2) is 4.79 Å². The van der Waals surface area contributed by atoms with Crippen LogP contribution in [0.1, 0.15) is 16.7 Å². The van der Waals surface area contributed by atoms with Crippen LogP contribution >= 0.6 is 11.8 Å². The normalized spacial score (nSPS) is 11.1. The van der Waals surface area contributed by atoms with E-state index < -0.39 is 5.63 Å². The molecule has 29 heavy (non-hydrogen) atoms. The summed E-state index contributed by atoms with van der Waals surface area (Å²) in [7, 11) is 0. The Labute approximate surface area is 172 Å². The highest BCUT2D eigenvalue weighted by molar-refractivity contribution is 8.00. The highest BCUT2D eigenvalue weighted by Crippen LogP contribution is 2.25. The maximum atomic E-state index is 12.3. The Bertz CT molecular complexity index is 1270. The molecule has 4 nitrogen and oxygen atoms in total. The Morgan fingerprint density at radius 3 is 2.55 bits per heavy atom. The molecule has 4 aromatic rings. The maximum Gasteiger partial charge on any atom is 0.336 e. The maximum absolute atomic E-state index is 12.3. The van der Waals surface area contributed by atoms with E-state index in [1.807, 2.05) is 56.3 Å². The molecule has 0 atom stereocenters. The molecule has 0 bridgehead atoms. The van der Waals surface area contributed by atoms with E-state index in [9.17, 15) is 9.59 Å². The van der Waals surface area contributed by atoms with Crippen LogP contribution in [0.15, 0.2) is 74.8 Å². The van der Waals surface area contributed by atoms with Crippen molar-refractivity contribution in [1.82, 2.24) is 0 Å². The van der Waals surface area contributed by atoms with Crippen LogP contribution in [0.3, 0.4) is 0 Å². The third-order valence-corrected chi connectivity index (χ3v) is 5.88. The van der Waals surface area contributed by atoms with E-state index in [0.29, 0.717) is 11.1 Å². The van der Waals surface area contributed by atoms with Gasteiger partial charge in [-0.2, -0.15) is 0 Å². The van der Waals surface area contributed by atoms with Crippen LogP contribution in [-0.4, -0.2) is 11.7 Å². The van der Waals surface area contributed by atoms with Gasteiger partial charge in [0, 0.05) is 21.9 Å². The van der Waals surface area contributed by atoms with Crippen molar-refractivity contribution in [2.24, 2.45) is 0 Å². The van der Waals surface area contributed by atoms with E-state index in [1.165, 1.54) is 23.2 Å². The van der Waals surface area contributed by atoms with Crippen molar-refractivity contribution in [3.63, 3.8) is 0 Å². The summed E-state index contributed by atoms with van der Waals surface area (Å²) >= 11 is 1.43. The molecule has 5 heteroatoms. The minimum absolute atomic E-state index is 0.0434. The number of benzene rings is 3. The molecule has 1 aromatic heterocycles. The second kappa shape index (κ2) is 8.13. The summed E-state index contributed by atoms with van der Waals surface area (Å²) in [5.41, 5.74) is 2.85. The van der Waals surface area contributed by atoms with Crippen LogP contribution in [0, 0.1) is 13.8 Å². The summed E-state index contributed by atoms with van der Waals surface area (Å²) in [6.45, 7) is 4.00. The fraction of sp³-hybridized carbons (Fsp3) is 0.167. The first-order valence-corrected chi connectivity index (χ1v) is 10.3. The zero-order valence-corrected chi connectivity index (χ0v) is 17.0. The molecular formula is C24H20O4S. The lowest BCUT2D eigenvalue weighted by Crippen LogP contribution is -2.09. The number of esters is 1. The molecule has 0 N–H and O–H groups in total. The van der Waals surface area contributed by atoms with E-state index in [0.717, 1.165) is 26.8 Å². The zero-order valence-electron chi connectivity index (χ0n) is 16.2. The highest BCUT2D eigenvalue weighted by Gasteiger charge is 2.11. The first-order valence-electron chi connectivity index (χ1n) is 9.31. The minimum Gasteiger partial charge on any atom is -0.460 e. The van der Waals surface area contributed by atoms with Gasteiger partial charge in [-0.3, -0.25) is 4.79 Å². The van der Waals surface area contributed by atoms with Crippen molar-refractivity contribution in [1.29, 1.82) is 0 Å². The summed E-state index contributed by atoms with van der Waals surface area (Å²) in [5, 5.41) is 3.10. The van der Waals surface area contributed by atoms with Gasteiger partial charge in [-0.15, -0.1) is 11.8 Å². The lowest BCUT2D eigenvalue weighted by atomic mass is 10.0. The third kappa shape index (κ3) is 4.35. The average Bonchev–Trinajstić information content (AvgIpc) is 2.71. The summed E-state index contributed by atoms with van der Waals surface area (Å²) in [6.07, 6.45) is 0. The number of fused-ring (bicyclic) bond motifs is 2. The molecule has 4 rings (SSSR count). The Kier molecular flexibility index (Phi) is 5.41. The fourth-order valence-corrected chi connectivity index (χ4v) is 3.94. The number of ether oxygens (including phenoxy) is 1. The predicted molar refractivity (Wildman–Crippen MR) is 116 cm³/mol. The lowest BCUT2D eigenvalue weighted by Gasteiger charge is -2.09. The topological polar surface area (TPSA) is 56.5 Å². The van der Waals surface area contributed by atoms with Crippen LogP contribution in [0.2, 0.25) is 0 Å². The molecule has 0 aliphatic carbocycles. The summed E-state index contributed by atoms with van der Waals surface area (Å²) in [4.78, 5) is 25.1. The van der Waals surface area contributed by atoms with Crippen molar-refractivity contribution in [2.45, 2.75) is 25.3 Å². The molecule has 0 radical (unpaired) electrons. The van der Waals surface area contributed by atoms with Gasteiger partial charge in [0.25, 0.3) is 0 Å². The number of rotatable bonds is 5. The lowest BCUT2D eigenvalue weighted by molar-refractivity contribution is -0.141. The molecule has 0 unspecified atom stereocenters. The molecule has 146 valence electrons. The van der Waals surface area contributed by atoms with Crippen molar-refractivity contribution in [3.05, 3.63) is 87.8 Å².